The molecule has 1 aromatic heterocycles. The Bertz CT molecular complexity index is 851. The van der Waals surface area contributed by atoms with E-state index in [2.05, 4.69) is 21.7 Å². The summed E-state index contributed by atoms with van der Waals surface area (Å²) in [5, 5.41) is 10.3. The molecule has 1 heterocycles. The van der Waals surface area contributed by atoms with Crippen molar-refractivity contribution >= 4 is 23.4 Å². The first-order chi connectivity index (χ1) is 13.2. The predicted molar refractivity (Wildman–Crippen MR) is 110 cm³/mol. The van der Waals surface area contributed by atoms with Crippen LogP contribution in [0, 0.1) is 6.92 Å². The van der Waals surface area contributed by atoms with Gasteiger partial charge >= 0.3 is 0 Å². The summed E-state index contributed by atoms with van der Waals surface area (Å²) in [7, 11) is 1.69. The lowest BCUT2D eigenvalue weighted by Crippen LogP contribution is -2.08. The molecule has 0 spiro atoms. The number of aryl methyl sites for hydroxylation is 1. The zero-order chi connectivity index (χ0) is 19.1. The third-order valence-corrected chi connectivity index (χ3v) is 5.13. The highest BCUT2D eigenvalue weighted by molar-refractivity contribution is 7.99. The highest BCUT2D eigenvalue weighted by Crippen LogP contribution is 2.25. The molecule has 0 atom stereocenters. The summed E-state index contributed by atoms with van der Waals surface area (Å²) in [6.07, 6.45) is 0. The highest BCUT2D eigenvalue weighted by atomic mass is 35.5. The van der Waals surface area contributed by atoms with Gasteiger partial charge in [-0.05, 0) is 43.3 Å². The van der Waals surface area contributed by atoms with Crippen LogP contribution in [0.4, 0.5) is 0 Å². The molecule has 7 heteroatoms. The van der Waals surface area contributed by atoms with Gasteiger partial charge in [-0.3, -0.25) is 4.57 Å². The van der Waals surface area contributed by atoms with Gasteiger partial charge in [-0.2, -0.15) is 0 Å². The Labute approximate surface area is 168 Å². The molecule has 2 aromatic carbocycles. The maximum atomic E-state index is 5.99. The van der Waals surface area contributed by atoms with Crippen LogP contribution in [-0.4, -0.2) is 40.8 Å². The number of ether oxygens (including phenoxy) is 2. The first kappa shape index (κ1) is 19.7. The molecule has 3 aromatic rings. The van der Waals surface area contributed by atoms with Gasteiger partial charge in [0.1, 0.15) is 5.75 Å². The van der Waals surface area contributed by atoms with Gasteiger partial charge in [0.15, 0.2) is 11.0 Å². The summed E-state index contributed by atoms with van der Waals surface area (Å²) in [6, 6.07) is 15.7. The molecule has 0 aliphatic carbocycles. The van der Waals surface area contributed by atoms with E-state index in [1.807, 2.05) is 48.5 Å². The quantitative estimate of drug-likeness (QED) is 0.382. The van der Waals surface area contributed by atoms with Crippen LogP contribution in [0.1, 0.15) is 5.56 Å². The number of aromatic nitrogens is 3. The Kier molecular flexibility index (Phi) is 7.15. The lowest BCUT2D eigenvalue weighted by Gasteiger charge is -2.10. The average Bonchev–Trinajstić information content (AvgIpc) is 3.08. The largest absolute Gasteiger partial charge is 0.493 e. The first-order valence-corrected chi connectivity index (χ1v) is 10.0. The maximum Gasteiger partial charge on any atom is 0.191 e. The van der Waals surface area contributed by atoms with Gasteiger partial charge in [0.25, 0.3) is 0 Å². The molecule has 0 bridgehead atoms. The Morgan fingerprint density at radius 2 is 1.74 bits per heavy atom. The number of nitrogens with zero attached hydrogens (tertiary/aromatic N) is 3. The Hall–Kier alpha value is -2.02. The van der Waals surface area contributed by atoms with Crippen LogP contribution < -0.4 is 4.74 Å². The summed E-state index contributed by atoms with van der Waals surface area (Å²) in [5.41, 5.74) is 2.20. The molecule has 5 nitrogen and oxygen atoms in total. The molecule has 0 N–H and O–H groups in total. The van der Waals surface area contributed by atoms with E-state index in [0.717, 1.165) is 28.0 Å². The van der Waals surface area contributed by atoms with Gasteiger partial charge < -0.3 is 9.47 Å². The van der Waals surface area contributed by atoms with E-state index in [0.29, 0.717) is 24.8 Å². The minimum absolute atomic E-state index is 0.589. The molecular weight excluding hydrogens is 382 g/mol. The molecule has 0 saturated carbocycles. The van der Waals surface area contributed by atoms with Crippen LogP contribution >= 0.6 is 23.4 Å². The summed E-state index contributed by atoms with van der Waals surface area (Å²) >= 11 is 7.61. The van der Waals surface area contributed by atoms with E-state index in [-0.39, 0.29) is 0 Å². The third kappa shape index (κ3) is 5.48. The van der Waals surface area contributed by atoms with Crippen LogP contribution in [0.3, 0.4) is 0 Å². The molecule has 0 saturated heterocycles. The fourth-order valence-electron chi connectivity index (χ4n) is 2.52. The fourth-order valence-corrected chi connectivity index (χ4v) is 3.43. The predicted octanol–water partition coefficient (Wildman–Crippen LogP) is 4.72. The Morgan fingerprint density at radius 1 is 1.00 bits per heavy atom. The van der Waals surface area contributed by atoms with E-state index in [9.17, 15) is 0 Å². The van der Waals surface area contributed by atoms with Gasteiger partial charge in [0.05, 0.1) is 19.8 Å². The van der Waals surface area contributed by atoms with Crippen molar-refractivity contribution < 1.29 is 9.47 Å². The minimum Gasteiger partial charge on any atom is -0.493 e. The van der Waals surface area contributed by atoms with Crippen molar-refractivity contribution in [2.75, 3.05) is 26.1 Å². The second-order valence-electron chi connectivity index (χ2n) is 5.97. The highest BCUT2D eigenvalue weighted by Gasteiger charge is 2.14. The number of rotatable bonds is 9. The number of benzene rings is 2. The summed E-state index contributed by atoms with van der Waals surface area (Å²) in [5.74, 6) is 2.47. The number of hydrogen-bond acceptors (Lipinski definition) is 5. The Balaban J connectivity index is 1.65. The standard InChI is InChI=1S/C20H22ClN3O2S/c1-15-3-9-18(10-4-15)26-13-14-27-20-23-22-19(24(20)11-12-25-2)16-5-7-17(21)8-6-16/h3-10H,11-14H2,1-2H3. The van der Waals surface area contributed by atoms with Gasteiger partial charge in [-0.25, -0.2) is 0 Å². The molecule has 0 aliphatic rings. The van der Waals surface area contributed by atoms with E-state index < -0.39 is 0 Å². The van der Waals surface area contributed by atoms with Crippen molar-refractivity contribution in [2.24, 2.45) is 0 Å². The number of thioether (sulfide) groups is 1. The van der Waals surface area contributed by atoms with Gasteiger partial charge in [0, 0.05) is 23.4 Å². The minimum atomic E-state index is 0.589. The molecule has 0 amide bonds. The lowest BCUT2D eigenvalue weighted by atomic mass is 10.2. The van der Waals surface area contributed by atoms with Crippen LogP contribution in [0.5, 0.6) is 5.75 Å². The molecule has 0 unspecified atom stereocenters. The second-order valence-corrected chi connectivity index (χ2v) is 7.47. The lowest BCUT2D eigenvalue weighted by molar-refractivity contribution is 0.185. The van der Waals surface area contributed by atoms with E-state index in [1.54, 1.807) is 18.9 Å². The SMILES string of the molecule is COCCn1c(SCCOc2ccc(C)cc2)nnc1-c1ccc(Cl)cc1. The topological polar surface area (TPSA) is 49.2 Å². The van der Waals surface area contributed by atoms with Crippen LogP contribution in [0.15, 0.2) is 53.7 Å². The molecule has 3 rings (SSSR count). The van der Waals surface area contributed by atoms with Crippen molar-refractivity contribution in [2.45, 2.75) is 18.6 Å². The van der Waals surface area contributed by atoms with Crippen LogP contribution in [-0.2, 0) is 11.3 Å². The van der Waals surface area contributed by atoms with Crippen molar-refractivity contribution in [1.29, 1.82) is 0 Å². The second kappa shape index (κ2) is 9.78. The number of methoxy groups -OCH3 is 1. The molecule has 0 aliphatic heterocycles. The summed E-state index contributed by atoms with van der Waals surface area (Å²) in [4.78, 5) is 0. The zero-order valence-electron chi connectivity index (χ0n) is 15.4. The summed E-state index contributed by atoms with van der Waals surface area (Å²) < 4.78 is 13.1. The fraction of sp³-hybridized carbons (Fsp3) is 0.300. The molecule has 142 valence electrons. The zero-order valence-corrected chi connectivity index (χ0v) is 17.0. The van der Waals surface area contributed by atoms with Gasteiger partial charge in [0.2, 0.25) is 0 Å². The van der Waals surface area contributed by atoms with Crippen LogP contribution in [0.2, 0.25) is 5.02 Å². The summed E-state index contributed by atoms with van der Waals surface area (Å²) in [6.45, 7) is 3.93. The van der Waals surface area contributed by atoms with Crippen molar-refractivity contribution in [3.63, 3.8) is 0 Å². The van der Waals surface area contributed by atoms with Gasteiger partial charge in [-0.15, -0.1) is 10.2 Å². The Morgan fingerprint density at radius 3 is 2.44 bits per heavy atom. The third-order valence-electron chi connectivity index (χ3n) is 3.94. The number of hydrogen-bond donors (Lipinski definition) is 0. The first-order valence-electron chi connectivity index (χ1n) is 8.67. The molecule has 0 fully saturated rings. The molecular formula is C20H22ClN3O2S. The molecule has 0 radical (unpaired) electrons. The molecule has 27 heavy (non-hydrogen) atoms. The van der Waals surface area contributed by atoms with Gasteiger partial charge in [-0.1, -0.05) is 41.1 Å². The van der Waals surface area contributed by atoms with Crippen molar-refractivity contribution in [3.8, 4) is 17.1 Å². The smallest absolute Gasteiger partial charge is 0.191 e. The van der Waals surface area contributed by atoms with Crippen LogP contribution in [0.25, 0.3) is 11.4 Å². The van der Waals surface area contributed by atoms with E-state index in [4.69, 9.17) is 21.1 Å². The normalized spacial score (nSPS) is 10.9. The van der Waals surface area contributed by atoms with E-state index in [1.165, 1.54) is 5.56 Å². The monoisotopic (exact) mass is 403 g/mol. The van der Waals surface area contributed by atoms with Crippen molar-refractivity contribution in [1.82, 2.24) is 14.8 Å². The number of halogens is 1. The van der Waals surface area contributed by atoms with E-state index >= 15 is 0 Å². The maximum absolute atomic E-state index is 5.99. The van der Waals surface area contributed by atoms with Crippen molar-refractivity contribution in [3.05, 3.63) is 59.1 Å². The average molecular weight is 404 g/mol.